The second-order valence-electron chi connectivity index (χ2n) is 4.56. The lowest BCUT2D eigenvalue weighted by molar-refractivity contribution is 0.472. The van der Waals surface area contributed by atoms with Gasteiger partial charge in [-0.05, 0) is 24.0 Å². The van der Waals surface area contributed by atoms with Crippen molar-refractivity contribution >= 4 is 5.82 Å². The van der Waals surface area contributed by atoms with Crippen molar-refractivity contribution < 1.29 is 5.11 Å². The van der Waals surface area contributed by atoms with Crippen molar-refractivity contribution in [1.29, 1.82) is 0 Å². The first-order chi connectivity index (χ1) is 8.00. The fourth-order valence-corrected chi connectivity index (χ4v) is 1.94. The van der Waals surface area contributed by atoms with E-state index in [1.165, 1.54) is 0 Å². The van der Waals surface area contributed by atoms with Gasteiger partial charge in [0.15, 0.2) is 0 Å². The van der Waals surface area contributed by atoms with Gasteiger partial charge >= 0.3 is 0 Å². The molecule has 0 aliphatic rings. The maximum Gasteiger partial charge on any atom is 0.145 e. The van der Waals surface area contributed by atoms with Crippen LogP contribution in [0.2, 0.25) is 0 Å². The van der Waals surface area contributed by atoms with Crippen molar-refractivity contribution in [1.82, 2.24) is 10.2 Å². The van der Waals surface area contributed by atoms with Crippen molar-refractivity contribution in [2.75, 3.05) is 5.73 Å². The molecule has 0 spiro atoms. The number of nitrogens with zero attached hydrogens (tertiary/aromatic N) is 1. The van der Waals surface area contributed by atoms with Crippen LogP contribution in [0.4, 0.5) is 5.82 Å². The summed E-state index contributed by atoms with van der Waals surface area (Å²) < 4.78 is 0. The zero-order valence-electron chi connectivity index (χ0n) is 10.3. The van der Waals surface area contributed by atoms with Gasteiger partial charge in [0.25, 0.3) is 0 Å². The topological polar surface area (TPSA) is 74.9 Å². The Kier molecular flexibility index (Phi) is 2.79. The van der Waals surface area contributed by atoms with E-state index in [1.807, 2.05) is 19.1 Å². The van der Waals surface area contributed by atoms with E-state index in [0.29, 0.717) is 17.5 Å². The molecule has 1 aromatic heterocycles. The van der Waals surface area contributed by atoms with Crippen molar-refractivity contribution in [2.45, 2.75) is 26.7 Å². The molecule has 0 aliphatic heterocycles. The Hall–Kier alpha value is -1.97. The number of nitrogens with two attached hydrogens (primary N) is 1. The number of aromatic amines is 1. The minimum atomic E-state index is 0.292. The fraction of sp³-hybridized carbons (Fsp3) is 0.308. The molecule has 17 heavy (non-hydrogen) atoms. The van der Waals surface area contributed by atoms with Crippen LogP contribution in [0.25, 0.3) is 11.3 Å². The number of hydrogen-bond donors (Lipinski definition) is 3. The zero-order chi connectivity index (χ0) is 12.6. The number of nitrogens with one attached hydrogen (secondary N) is 1. The monoisotopic (exact) mass is 231 g/mol. The molecule has 0 saturated heterocycles. The minimum absolute atomic E-state index is 0.292. The third-order valence-corrected chi connectivity index (χ3v) is 2.90. The number of aryl methyl sites for hydroxylation is 1. The lowest BCUT2D eigenvalue weighted by Gasteiger charge is -2.14. The summed E-state index contributed by atoms with van der Waals surface area (Å²) in [6.07, 6.45) is 0. The van der Waals surface area contributed by atoms with Crippen LogP contribution in [0.5, 0.6) is 5.75 Å². The van der Waals surface area contributed by atoms with E-state index in [2.05, 4.69) is 24.0 Å². The number of hydrogen-bond acceptors (Lipinski definition) is 3. The molecule has 0 amide bonds. The van der Waals surface area contributed by atoms with Gasteiger partial charge in [-0.1, -0.05) is 26.0 Å². The number of anilines is 1. The fourth-order valence-electron chi connectivity index (χ4n) is 1.94. The van der Waals surface area contributed by atoms with E-state index in [9.17, 15) is 5.11 Å². The van der Waals surface area contributed by atoms with Gasteiger partial charge in [0.2, 0.25) is 0 Å². The van der Waals surface area contributed by atoms with Crippen LogP contribution in [-0.4, -0.2) is 15.3 Å². The summed E-state index contributed by atoms with van der Waals surface area (Å²) in [5.74, 6) is 1.04. The second-order valence-corrected chi connectivity index (χ2v) is 4.56. The van der Waals surface area contributed by atoms with E-state index >= 15 is 0 Å². The lowest BCUT2D eigenvalue weighted by Crippen LogP contribution is -1.95. The molecule has 1 heterocycles. The van der Waals surface area contributed by atoms with Crippen LogP contribution in [0.15, 0.2) is 18.2 Å². The standard InChI is InChI=1S/C13H17N3O/c1-7(2)9-5-4-8(3)13(17)12(9)10-6-11(14)16-15-10/h4-7,17H,1-3H3,(H3,14,15,16). The van der Waals surface area contributed by atoms with Crippen molar-refractivity contribution in [2.24, 2.45) is 0 Å². The average molecular weight is 231 g/mol. The minimum Gasteiger partial charge on any atom is -0.507 e. The van der Waals surface area contributed by atoms with E-state index in [0.717, 1.165) is 22.4 Å². The molecular weight excluding hydrogens is 214 g/mol. The van der Waals surface area contributed by atoms with Gasteiger partial charge in [-0.2, -0.15) is 5.10 Å². The summed E-state index contributed by atoms with van der Waals surface area (Å²) in [7, 11) is 0. The second kappa shape index (κ2) is 4.13. The number of nitrogen functional groups attached to an aromatic ring is 1. The Morgan fingerprint density at radius 1 is 1.35 bits per heavy atom. The molecule has 4 nitrogen and oxygen atoms in total. The van der Waals surface area contributed by atoms with Gasteiger partial charge in [-0.3, -0.25) is 5.10 Å². The Balaban J connectivity index is 2.69. The lowest BCUT2D eigenvalue weighted by atomic mass is 9.92. The SMILES string of the molecule is Cc1ccc(C(C)C)c(-c2cc(N)n[nH]2)c1O. The number of aromatic nitrogens is 2. The highest BCUT2D eigenvalue weighted by Crippen LogP contribution is 2.37. The number of phenols is 1. The highest BCUT2D eigenvalue weighted by atomic mass is 16.3. The normalized spacial score (nSPS) is 11.1. The first-order valence-corrected chi connectivity index (χ1v) is 5.64. The molecule has 0 bridgehead atoms. The highest BCUT2D eigenvalue weighted by molar-refractivity contribution is 5.74. The van der Waals surface area contributed by atoms with Crippen LogP contribution in [0, 0.1) is 6.92 Å². The van der Waals surface area contributed by atoms with Crippen molar-refractivity contribution in [3.63, 3.8) is 0 Å². The Bertz CT molecular complexity index is 544. The van der Waals surface area contributed by atoms with Crippen LogP contribution in [-0.2, 0) is 0 Å². The summed E-state index contributed by atoms with van der Waals surface area (Å²) in [4.78, 5) is 0. The molecule has 0 unspecified atom stereocenters. The smallest absolute Gasteiger partial charge is 0.145 e. The first kappa shape index (κ1) is 11.5. The highest BCUT2D eigenvalue weighted by Gasteiger charge is 2.16. The van der Waals surface area contributed by atoms with E-state index < -0.39 is 0 Å². The summed E-state index contributed by atoms with van der Waals surface area (Å²) >= 11 is 0. The first-order valence-electron chi connectivity index (χ1n) is 5.64. The van der Waals surface area contributed by atoms with Crippen molar-refractivity contribution in [3.8, 4) is 17.0 Å². The number of benzene rings is 1. The van der Waals surface area contributed by atoms with Gasteiger partial charge in [-0.25, -0.2) is 0 Å². The van der Waals surface area contributed by atoms with Crippen LogP contribution >= 0.6 is 0 Å². The maximum absolute atomic E-state index is 10.2. The van der Waals surface area contributed by atoms with E-state index in [4.69, 9.17) is 5.73 Å². The summed E-state index contributed by atoms with van der Waals surface area (Å²) in [6, 6.07) is 5.69. The largest absolute Gasteiger partial charge is 0.507 e. The molecule has 1 aromatic carbocycles. The number of rotatable bonds is 2. The van der Waals surface area contributed by atoms with Gasteiger partial charge in [-0.15, -0.1) is 0 Å². The van der Waals surface area contributed by atoms with Gasteiger partial charge in [0.1, 0.15) is 11.6 Å². The zero-order valence-corrected chi connectivity index (χ0v) is 10.3. The molecule has 4 N–H and O–H groups in total. The predicted octanol–water partition coefficient (Wildman–Crippen LogP) is 2.80. The number of aromatic hydroxyl groups is 1. The quantitative estimate of drug-likeness (QED) is 0.744. The Morgan fingerprint density at radius 3 is 2.59 bits per heavy atom. The van der Waals surface area contributed by atoms with Gasteiger partial charge in [0, 0.05) is 11.6 Å². The van der Waals surface area contributed by atoms with Crippen LogP contribution in [0.1, 0.15) is 30.9 Å². The number of H-pyrrole nitrogens is 1. The van der Waals surface area contributed by atoms with E-state index in [-0.39, 0.29) is 0 Å². The molecule has 0 fully saturated rings. The molecule has 0 radical (unpaired) electrons. The van der Waals surface area contributed by atoms with Gasteiger partial charge in [0.05, 0.1) is 5.69 Å². The molecule has 0 atom stereocenters. The molecule has 2 rings (SSSR count). The van der Waals surface area contributed by atoms with E-state index in [1.54, 1.807) is 6.07 Å². The predicted molar refractivity (Wildman–Crippen MR) is 68.9 cm³/mol. The van der Waals surface area contributed by atoms with Crippen molar-refractivity contribution in [3.05, 3.63) is 29.3 Å². The molecule has 2 aromatic rings. The molecule has 0 saturated carbocycles. The molecular formula is C13H17N3O. The van der Waals surface area contributed by atoms with Crippen LogP contribution in [0.3, 0.4) is 0 Å². The maximum atomic E-state index is 10.2. The number of phenolic OH excluding ortho intramolecular Hbond substituents is 1. The molecule has 0 aliphatic carbocycles. The summed E-state index contributed by atoms with van der Waals surface area (Å²) in [6.45, 7) is 6.06. The molecule has 90 valence electrons. The average Bonchev–Trinajstić information content (AvgIpc) is 2.68. The Morgan fingerprint density at radius 2 is 2.06 bits per heavy atom. The third kappa shape index (κ3) is 1.98. The summed E-state index contributed by atoms with van der Waals surface area (Å²) in [5.41, 5.74) is 9.08. The summed E-state index contributed by atoms with van der Waals surface area (Å²) in [5, 5.41) is 17.0. The third-order valence-electron chi connectivity index (χ3n) is 2.90. The van der Waals surface area contributed by atoms with Gasteiger partial charge < -0.3 is 10.8 Å². The molecule has 4 heteroatoms. The van der Waals surface area contributed by atoms with Crippen LogP contribution < -0.4 is 5.73 Å². The Labute approximate surface area is 100 Å².